The highest BCUT2D eigenvalue weighted by molar-refractivity contribution is 5.84. The van der Waals surface area contributed by atoms with Crippen LogP contribution in [0.1, 0.15) is 32.6 Å². The quantitative estimate of drug-likeness (QED) is 0.790. The van der Waals surface area contributed by atoms with Crippen molar-refractivity contribution in [2.24, 2.45) is 0 Å². The zero-order valence-electron chi connectivity index (χ0n) is 11.0. The van der Waals surface area contributed by atoms with Crippen LogP contribution < -0.4 is 0 Å². The maximum atomic E-state index is 12.3. The molecular weight excluding hydrogens is 252 g/mol. The topological polar surface area (TPSA) is 98.2 Å². The Kier molecular flexibility index (Phi) is 5.59. The SMILES string of the molecule is CC1CCCCCN1C(=O)N(CC(=O)O)CC(=O)O. The molecule has 1 fully saturated rings. The minimum absolute atomic E-state index is 0.0140. The first-order chi connectivity index (χ1) is 8.91. The fourth-order valence-electron chi connectivity index (χ4n) is 2.26. The molecule has 1 rings (SSSR count). The molecule has 1 aliphatic heterocycles. The first kappa shape index (κ1) is 15.3. The lowest BCUT2D eigenvalue weighted by Gasteiger charge is -2.32. The van der Waals surface area contributed by atoms with Gasteiger partial charge in [-0.1, -0.05) is 12.8 Å². The van der Waals surface area contributed by atoms with Gasteiger partial charge < -0.3 is 20.0 Å². The van der Waals surface area contributed by atoms with Crippen LogP contribution in [0.25, 0.3) is 0 Å². The molecular formula is C12H20N2O5. The van der Waals surface area contributed by atoms with E-state index in [1.807, 2.05) is 6.92 Å². The first-order valence-corrected chi connectivity index (χ1v) is 6.41. The van der Waals surface area contributed by atoms with E-state index in [4.69, 9.17) is 10.2 Å². The predicted molar refractivity (Wildman–Crippen MR) is 66.9 cm³/mol. The molecule has 0 spiro atoms. The largest absolute Gasteiger partial charge is 0.480 e. The number of carboxylic acids is 2. The summed E-state index contributed by atoms with van der Waals surface area (Å²) in [5.41, 5.74) is 0. The van der Waals surface area contributed by atoms with Gasteiger partial charge >= 0.3 is 18.0 Å². The van der Waals surface area contributed by atoms with Gasteiger partial charge in [0.15, 0.2) is 0 Å². The van der Waals surface area contributed by atoms with Crippen LogP contribution in [0.5, 0.6) is 0 Å². The second kappa shape index (κ2) is 6.96. The number of aliphatic carboxylic acids is 2. The Bertz CT molecular complexity index is 342. The van der Waals surface area contributed by atoms with E-state index in [1.54, 1.807) is 4.90 Å². The average Bonchev–Trinajstić information content (AvgIpc) is 2.51. The van der Waals surface area contributed by atoms with Crippen LogP contribution in [-0.2, 0) is 9.59 Å². The van der Waals surface area contributed by atoms with Gasteiger partial charge in [-0.15, -0.1) is 0 Å². The molecule has 7 nitrogen and oxygen atoms in total. The Morgan fingerprint density at radius 3 is 2.21 bits per heavy atom. The highest BCUT2D eigenvalue weighted by Gasteiger charge is 2.28. The number of amides is 2. The minimum atomic E-state index is -1.21. The fourth-order valence-corrected chi connectivity index (χ4v) is 2.26. The number of carbonyl (C=O) groups is 3. The van der Waals surface area contributed by atoms with Crippen LogP contribution in [0.4, 0.5) is 4.79 Å². The second-order valence-corrected chi connectivity index (χ2v) is 4.82. The molecule has 1 saturated heterocycles. The molecule has 2 amide bonds. The van der Waals surface area contributed by atoms with E-state index in [-0.39, 0.29) is 6.04 Å². The lowest BCUT2D eigenvalue weighted by molar-refractivity contribution is -0.140. The molecule has 1 unspecified atom stereocenters. The van der Waals surface area contributed by atoms with Gasteiger partial charge in [0.1, 0.15) is 13.1 Å². The van der Waals surface area contributed by atoms with Gasteiger partial charge in [0.25, 0.3) is 0 Å². The first-order valence-electron chi connectivity index (χ1n) is 6.41. The van der Waals surface area contributed by atoms with Gasteiger partial charge in [-0.05, 0) is 19.8 Å². The van der Waals surface area contributed by atoms with Crippen molar-refractivity contribution in [3.8, 4) is 0 Å². The summed E-state index contributed by atoms with van der Waals surface area (Å²) < 4.78 is 0. The summed E-state index contributed by atoms with van der Waals surface area (Å²) in [5.74, 6) is -2.42. The van der Waals surface area contributed by atoms with Crippen molar-refractivity contribution in [3.63, 3.8) is 0 Å². The van der Waals surface area contributed by atoms with Crippen LogP contribution in [-0.4, -0.2) is 63.7 Å². The van der Waals surface area contributed by atoms with Crippen molar-refractivity contribution >= 4 is 18.0 Å². The molecule has 1 aliphatic rings. The molecule has 7 heteroatoms. The predicted octanol–water partition coefficient (Wildman–Crippen LogP) is 0.842. The van der Waals surface area contributed by atoms with E-state index in [1.165, 1.54) is 0 Å². The molecule has 19 heavy (non-hydrogen) atoms. The molecule has 1 atom stereocenters. The van der Waals surface area contributed by atoms with E-state index < -0.39 is 31.1 Å². The zero-order valence-corrected chi connectivity index (χ0v) is 11.0. The van der Waals surface area contributed by atoms with Crippen LogP contribution in [0, 0.1) is 0 Å². The number of carboxylic acid groups (broad SMARTS) is 2. The van der Waals surface area contributed by atoms with Gasteiger partial charge in [0.05, 0.1) is 0 Å². The fraction of sp³-hybridized carbons (Fsp3) is 0.750. The third-order valence-electron chi connectivity index (χ3n) is 3.22. The summed E-state index contributed by atoms with van der Waals surface area (Å²) in [7, 11) is 0. The average molecular weight is 272 g/mol. The van der Waals surface area contributed by atoms with Crippen molar-refractivity contribution in [3.05, 3.63) is 0 Å². The minimum Gasteiger partial charge on any atom is -0.480 e. The number of hydrogen-bond donors (Lipinski definition) is 2. The van der Waals surface area contributed by atoms with E-state index in [2.05, 4.69) is 0 Å². The summed E-state index contributed by atoms with van der Waals surface area (Å²) in [5, 5.41) is 17.5. The number of likely N-dealkylation sites (tertiary alicyclic amines) is 1. The maximum absolute atomic E-state index is 12.3. The normalized spacial score (nSPS) is 19.6. The van der Waals surface area contributed by atoms with Gasteiger partial charge in [0, 0.05) is 12.6 Å². The number of hydrogen-bond acceptors (Lipinski definition) is 3. The molecule has 0 bridgehead atoms. The zero-order chi connectivity index (χ0) is 14.4. The third kappa shape index (κ3) is 4.76. The van der Waals surface area contributed by atoms with Crippen molar-refractivity contribution in [1.82, 2.24) is 9.80 Å². The van der Waals surface area contributed by atoms with Crippen LogP contribution in [0.2, 0.25) is 0 Å². The molecule has 0 saturated carbocycles. The van der Waals surface area contributed by atoms with Gasteiger partial charge in [-0.3, -0.25) is 9.59 Å². The third-order valence-corrected chi connectivity index (χ3v) is 3.22. The van der Waals surface area contributed by atoms with E-state index in [0.717, 1.165) is 30.6 Å². The molecule has 0 aliphatic carbocycles. The smallest absolute Gasteiger partial charge is 0.323 e. The highest BCUT2D eigenvalue weighted by atomic mass is 16.4. The summed E-state index contributed by atoms with van der Waals surface area (Å²) >= 11 is 0. The van der Waals surface area contributed by atoms with Crippen LogP contribution >= 0.6 is 0 Å². The van der Waals surface area contributed by atoms with Gasteiger partial charge in [-0.2, -0.15) is 0 Å². The number of nitrogens with zero attached hydrogens (tertiary/aromatic N) is 2. The number of urea groups is 1. The van der Waals surface area contributed by atoms with Crippen LogP contribution in [0.15, 0.2) is 0 Å². The van der Waals surface area contributed by atoms with E-state index in [0.29, 0.717) is 6.54 Å². The standard InChI is InChI=1S/C12H20N2O5/c1-9-5-3-2-4-6-14(9)12(19)13(7-10(15)16)8-11(17)18/h9H,2-8H2,1H3,(H,15,16)(H,17,18). The summed E-state index contributed by atoms with van der Waals surface area (Å²) in [6.07, 6.45) is 3.79. The lowest BCUT2D eigenvalue weighted by atomic mass is 10.1. The molecule has 0 aromatic carbocycles. The summed E-state index contributed by atoms with van der Waals surface area (Å²) in [4.78, 5) is 36.2. The second-order valence-electron chi connectivity index (χ2n) is 4.82. The molecule has 0 aromatic heterocycles. The molecule has 0 aromatic rings. The number of carbonyl (C=O) groups excluding carboxylic acids is 1. The Labute approximate surface area is 111 Å². The highest BCUT2D eigenvalue weighted by Crippen LogP contribution is 2.17. The Morgan fingerprint density at radius 1 is 1.11 bits per heavy atom. The van der Waals surface area contributed by atoms with E-state index >= 15 is 0 Å². The van der Waals surface area contributed by atoms with Crippen LogP contribution in [0.3, 0.4) is 0 Å². The van der Waals surface area contributed by atoms with Crippen molar-refractivity contribution < 1.29 is 24.6 Å². The van der Waals surface area contributed by atoms with E-state index in [9.17, 15) is 14.4 Å². The molecule has 1 heterocycles. The maximum Gasteiger partial charge on any atom is 0.323 e. The Morgan fingerprint density at radius 2 is 1.68 bits per heavy atom. The molecule has 2 N–H and O–H groups in total. The Balaban J connectivity index is 2.77. The van der Waals surface area contributed by atoms with Gasteiger partial charge in [-0.25, -0.2) is 4.79 Å². The van der Waals surface area contributed by atoms with Crippen molar-refractivity contribution in [2.75, 3.05) is 19.6 Å². The van der Waals surface area contributed by atoms with Crippen molar-refractivity contribution in [2.45, 2.75) is 38.6 Å². The molecule has 0 radical (unpaired) electrons. The summed E-state index contributed by atoms with van der Waals surface area (Å²) in [6, 6.07) is -0.487. The van der Waals surface area contributed by atoms with Gasteiger partial charge in [0.2, 0.25) is 0 Å². The van der Waals surface area contributed by atoms with Crippen molar-refractivity contribution in [1.29, 1.82) is 0 Å². The Hall–Kier alpha value is -1.79. The summed E-state index contributed by atoms with van der Waals surface area (Å²) in [6.45, 7) is 1.28. The monoisotopic (exact) mass is 272 g/mol. The molecule has 108 valence electrons. The lowest BCUT2D eigenvalue weighted by Crippen LogP contribution is -2.50. The number of rotatable bonds is 4.